The number of furan rings is 1. The Kier molecular flexibility index (Phi) is 4.12. The van der Waals surface area contributed by atoms with Crippen LogP contribution < -0.4 is 0 Å². The molecule has 0 fully saturated rings. The minimum atomic E-state index is -1.08. The molecular weight excluding hydrogens is 324 g/mol. The van der Waals surface area contributed by atoms with Gasteiger partial charge in [-0.3, -0.25) is 0 Å². The van der Waals surface area contributed by atoms with Crippen molar-refractivity contribution in [2.45, 2.75) is 0 Å². The summed E-state index contributed by atoms with van der Waals surface area (Å²) in [5, 5.41) is 10.4. The molecule has 0 atom stereocenters. The third-order valence-electron chi connectivity index (χ3n) is 4.29. The Balaban J connectivity index is 2.01. The number of aromatic carboxylic acids is 1. The van der Waals surface area contributed by atoms with Crippen molar-refractivity contribution in [2.75, 3.05) is 0 Å². The van der Waals surface area contributed by atoms with Crippen LogP contribution in [0.15, 0.2) is 89.3 Å². The molecule has 0 radical (unpaired) electrons. The summed E-state index contributed by atoms with van der Waals surface area (Å²) in [7, 11) is 0. The summed E-state index contributed by atoms with van der Waals surface area (Å²) in [4.78, 5) is 11.7. The van der Waals surface area contributed by atoms with E-state index < -0.39 is 5.97 Å². The van der Waals surface area contributed by atoms with Crippen LogP contribution in [0.5, 0.6) is 0 Å². The van der Waals surface area contributed by atoms with Gasteiger partial charge in [-0.15, -0.1) is 0 Å². The van der Waals surface area contributed by atoms with Gasteiger partial charge in [0.2, 0.25) is 5.76 Å². The van der Waals surface area contributed by atoms with E-state index in [9.17, 15) is 9.90 Å². The number of carbonyl (C=O) groups is 1. The van der Waals surface area contributed by atoms with Crippen LogP contribution in [-0.2, 0) is 0 Å². The lowest BCUT2D eigenvalue weighted by Crippen LogP contribution is -1.97. The monoisotopic (exact) mass is 340 g/mol. The standard InChI is InChI=1S/C23H16O3/c24-23(25)22-20(18-13-7-8-14-21(18)26-22)15-19(16-9-3-1-4-10-16)17-11-5-2-6-12-17/h1-15H,(H,24,25). The molecular formula is C23H16O3. The number of para-hydroxylation sites is 1. The molecule has 0 saturated carbocycles. The van der Waals surface area contributed by atoms with Crippen LogP contribution in [0.4, 0.5) is 0 Å². The lowest BCUT2D eigenvalue weighted by Gasteiger charge is -2.09. The summed E-state index contributed by atoms with van der Waals surface area (Å²) < 4.78 is 5.59. The van der Waals surface area contributed by atoms with E-state index in [0.717, 1.165) is 22.1 Å². The number of fused-ring (bicyclic) bond motifs is 1. The summed E-state index contributed by atoms with van der Waals surface area (Å²) in [6, 6.07) is 27.2. The number of hydrogen-bond acceptors (Lipinski definition) is 2. The number of rotatable bonds is 4. The van der Waals surface area contributed by atoms with Crippen molar-refractivity contribution >= 4 is 28.6 Å². The highest BCUT2D eigenvalue weighted by atomic mass is 16.4. The average Bonchev–Trinajstić information content (AvgIpc) is 3.06. The first-order valence-electron chi connectivity index (χ1n) is 8.31. The molecule has 1 aromatic heterocycles. The molecule has 0 unspecified atom stereocenters. The maximum Gasteiger partial charge on any atom is 0.372 e. The highest BCUT2D eigenvalue weighted by Gasteiger charge is 2.19. The normalized spacial score (nSPS) is 10.6. The van der Waals surface area contributed by atoms with Gasteiger partial charge in [0.25, 0.3) is 0 Å². The molecule has 26 heavy (non-hydrogen) atoms. The lowest BCUT2D eigenvalue weighted by atomic mass is 9.95. The van der Waals surface area contributed by atoms with Gasteiger partial charge in [0.05, 0.1) is 0 Å². The van der Waals surface area contributed by atoms with E-state index >= 15 is 0 Å². The van der Waals surface area contributed by atoms with Crippen molar-refractivity contribution in [3.05, 3.63) is 107 Å². The smallest absolute Gasteiger partial charge is 0.372 e. The second-order valence-electron chi connectivity index (χ2n) is 5.94. The molecule has 1 N–H and O–H groups in total. The van der Waals surface area contributed by atoms with Gasteiger partial charge in [0.1, 0.15) is 5.58 Å². The zero-order valence-corrected chi connectivity index (χ0v) is 13.9. The van der Waals surface area contributed by atoms with Crippen molar-refractivity contribution in [3.63, 3.8) is 0 Å². The van der Waals surface area contributed by atoms with Crippen LogP contribution in [-0.4, -0.2) is 11.1 Å². The van der Waals surface area contributed by atoms with Gasteiger partial charge < -0.3 is 9.52 Å². The summed E-state index contributed by atoms with van der Waals surface area (Å²) in [6.07, 6.45) is 1.90. The lowest BCUT2D eigenvalue weighted by molar-refractivity contribution is 0.0664. The molecule has 0 bridgehead atoms. The van der Waals surface area contributed by atoms with Crippen molar-refractivity contribution in [3.8, 4) is 0 Å². The van der Waals surface area contributed by atoms with E-state index in [1.165, 1.54) is 0 Å². The summed E-state index contributed by atoms with van der Waals surface area (Å²) in [5.41, 5.74) is 4.12. The molecule has 3 aromatic carbocycles. The van der Waals surface area contributed by atoms with Gasteiger partial charge in [-0.1, -0.05) is 78.9 Å². The zero-order valence-electron chi connectivity index (χ0n) is 13.9. The van der Waals surface area contributed by atoms with Gasteiger partial charge in [0.15, 0.2) is 0 Å². The van der Waals surface area contributed by atoms with E-state index in [1.807, 2.05) is 84.9 Å². The third-order valence-corrected chi connectivity index (χ3v) is 4.29. The highest BCUT2D eigenvalue weighted by molar-refractivity contribution is 6.04. The van der Waals surface area contributed by atoms with Crippen molar-refractivity contribution in [1.29, 1.82) is 0 Å². The van der Waals surface area contributed by atoms with Gasteiger partial charge >= 0.3 is 5.97 Å². The SMILES string of the molecule is O=C(O)c1oc2ccccc2c1C=C(c1ccccc1)c1ccccc1. The highest BCUT2D eigenvalue weighted by Crippen LogP contribution is 2.32. The second kappa shape index (κ2) is 6.73. The van der Waals surface area contributed by atoms with Crippen LogP contribution in [0.25, 0.3) is 22.6 Å². The fourth-order valence-electron chi connectivity index (χ4n) is 3.08. The van der Waals surface area contributed by atoms with E-state index in [1.54, 1.807) is 6.07 Å². The molecule has 0 aliphatic rings. The molecule has 3 heteroatoms. The molecule has 0 amide bonds. The number of carboxylic acids is 1. The molecule has 1 heterocycles. The Morgan fingerprint density at radius 2 is 1.31 bits per heavy atom. The summed E-state index contributed by atoms with van der Waals surface area (Å²) in [6.45, 7) is 0. The van der Waals surface area contributed by atoms with Crippen LogP contribution in [0.1, 0.15) is 27.2 Å². The first-order chi connectivity index (χ1) is 12.7. The molecule has 0 spiro atoms. The van der Waals surface area contributed by atoms with Crippen LogP contribution >= 0.6 is 0 Å². The van der Waals surface area contributed by atoms with E-state index in [4.69, 9.17) is 4.42 Å². The minimum absolute atomic E-state index is 0.0458. The second-order valence-corrected chi connectivity index (χ2v) is 5.94. The molecule has 4 rings (SSSR count). The molecule has 0 saturated heterocycles. The van der Waals surface area contributed by atoms with Crippen LogP contribution in [0.3, 0.4) is 0 Å². The Hall–Kier alpha value is -3.59. The topological polar surface area (TPSA) is 50.4 Å². The Morgan fingerprint density at radius 1 is 0.769 bits per heavy atom. The van der Waals surface area contributed by atoms with Gasteiger partial charge in [-0.05, 0) is 28.8 Å². The van der Waals surface area contributed by atoms with E-state index in [2.05, 4.69) is 0 Å². The molecule has 0 aliphatic carbocycles. The van der Waals surface area contributed by atoms with Crippen molar-refractivity contribution < 1.29 is 14.3 Å². The first-order valence-corrected chi connectivity index (χ1v) is 8.31. The summed E-state index contributed by atoms with van der Waals surface area (Å²) >= 11 is 0. The number of hydrogen-bond donors (Lipinski definition) is 1. The number of benzene rings is 3. The van der Waals surface area contributed by atoms with Crippen molar-refractivity contribution in [1.82, 2.24) is 0 Å². The predicted octanol–water partition coefficient (Wildman–Crippen LogP) is 5.72. The average molecular weight is 340 g/mol. The molecule has 0 aliphatic heterocycles. The molecule has 126 valence electrons. The third kappa shape index (κ3) is 2.91. The predicted molar refractivity (Wildman–Crippen MR) is 103 cm³/mol. The van der Waals surface area contributed by atoms with Crippen LogP contribution in [0, 0.1) is 0 Å². The van der Waals surface area contributed by atoms with Crippen LogP contribution in [0.2, 0.25) is 0 Å². The molecule has 3 nitrogen and oxygen atoms in total. The van der Waals surface area contributed by atoms with Gasteiger partial charge in [0, 0.05) is 10.9 Å². The van der Waals surface area contributed by atoms with E-state index in [0.29, 0.717) is 11.1 Å². The van der Waals surface area contributed by atoms with Crippen molar-refractivity contribution in [2.24, 2.45) is 0 Å². The Morgan fingerprint density at radius 3 is 1.88 bits per heavy atom. The van der Waals surface area contributed by atoms with Gasteiger partial charge in [-0.25, -0.2) is 4.79 Å². The maximum absolute atomic E-state index is 11.7. The maximum atomic E-state index is 11.7. The minimum Gasteiger partial charge on any atom is -0.475 e. The molecule has 4 aromatic rings. The fraction of sp³-hybridized carbons (Fsp3) is 0. The summed E-state index contributed by atoms with van der Waals surface area (Å²) in [5.74, 6) is -1.12. The fourth-order valence-corrected chi connectivity index (χ4v) is 3.08. The van der Waals surface area contributed by atoms with Gasteiger partial charge in [-0.2, -0.15) is 0 Å². The first kappa shape index (κ1) is 15.9. The van der Waals surface area contributed by atoms with E-state index in [-0.39, 0.29) is 5.76 Å². The largest absolute Gasteiger partial charge is 0.475 e. The number of carboxylic acid groups (broad SMARTS) is 1. The Bertz CT molecular complexity index is 1050. The zero-order chi connectivity index (χ0) is 17.9. The quantitative estimate of drug-likeness (QED) is 0.517. The Labute approximate surface area is 150 Å².